The molecule has 1 fully saturated rings. The molecule has 1 aromatic carbocycles. The third-order valence-electron chi connectivity index (χ3n) is 4.09. The van der Waals surface area contributed by atoms with E-state index in [1.165, 1.54) is 0 Å². The molecule has 2 N–H and O–H groups in total. The molecule has 1 aliphatic carbocycles. The topological polar surface area (TPSA) is 82.4 Å². The number of amides is 1. The van der Waals surface area contributed by atoms with Crippen LogP contribution in [0.3, 0.4) is 0 Å². The van der Waals surface area contributed by atoms with Crippen molar-refractivity contribution in [3.8, 4) is 11.8 Å². The van der Waals surface area contributed by atoms with Crippen molar-refractivity contribution in [2.24, 2.45) is 11.8 Å². The molecule has 0 bridgehead atoms. The molecule has 0 aromatic heterocycles. The van der Waals surface area contributed by atoms with E-state index in [1.54, 1.807) is 6.08 Å². The van der Waals surface area contributed by atoms with E-state index in [0.29, 0.717) is 18.3 Å². The number of ether oxygens (including phenoxy) is 1. The van der Waals surface area contributed by atoms with Crippen molar-refractivity contribution in [2.45, 2.75) is 18.9 Å². The quantitative estimate of drug-likeness (QED) is 0.655. The van der Waals surface area contributed by atoms with Gasteiger partial charge in [0.05, 0.1) is 19.3 Å². The van der Waals surface area contributed by atoms with Gasteiger partial charge in [-0.2, -0.15) is 5.26 Å². The Morgan fingerprint density at radius 1 is 1.45 bits per heavy atom. The standard InChI is InChI=1S/C17H18N2O3/c18-8-12(7-11-5-6-11)17(21)19-16-13(9-20)10-22-15-4-2-1-3-14(15)16/h1-4,7,11,13,16,20H,5-6,9-10H2,(H,19,21)/b12-7+/t13-,16-/m1/s1. The molecule has 5 nitrogen and oxygen atoms in total. The van der Waals surface area contributed by atoms with Gasteiger partial charge in [-0.05, 0) is 24.8 Å². The van der Waals surface area contributed by atoms with E-state index in [-0.39, 0.29) is 30.0 Å². The Bertz CT molecular complexity index is 644. The van der Waals surface area contributed by atoms with Gasteiger partial charge in [0.25, 0.3) is 5.91 Å². The first-order chi connectivity index (χ1) is 10.7. The van der Waals surface area contributed by atoms with Crippen LogP contribution in [0.2, 0.25) is 0 Å². The van der Waals surface area contributed by atoms with E-state index >= 15 is 0 Å². The highest BCUT2D eigenvalue weighted by Gasteiger charge is 2.32. The summed E-state index contributed by atoms with van der Waals surface area (Å²) in [5, 5.41) is 21.6. The average Bonchev–Trinajstić information content (AvgIpc) is 3.37. The van der Waals surface area contributed by atoms with Crippen LogP contribution in [0.4, 0.5) is 0 Å². The summed E-state index contributed by atoms with van der Waals surface area (Å²) < 4.78 is 5.61. The summed E-state index contributed by atoms with van der Waals surface area (Å²) in [5.41, 5.74) is 0.994. The first kappa shape index (κ1) is 14.6. The van der Waals surface area contributed by atoms with Gasteiger partial charge in [-0.1, -0.05) is 24.3 Å². The van der Waals surface area contributed by atoms with Gasteiger partial charge in [-0.25, -0.2) is 0 Å². The van der Waals surface area contributed by atoms with Gasteiger partial charge in [-0.3, -0.25) is 4.79 Å². The van der Waals surface area contributed by atoms with E-state index in [4.69, 9.17) is 10.00 Å². The number of rotatable bonds is 4. The summed E-state index contributed by atoms with van der Waals surface area (Å²) in [7, 11) is 0. The summed E-state index contributed by atoms with van der Waals surface area (Å²) in [5.74, 6) is 0.465. The molecule has 1 heterocycles. The smallest absolute Gasteiger partial charge is 0.262 e. The van der Waals surface area contributed by atoms with Crippen molar-refractivity contribution in [3.05, 3.63) is 41.5 Å². The molecule has 2 aliphatic rings. The van der Waals surface area contributed by atoms with Gasteiger partial charge in [0, 0.05) is 11.5 Å². The summed E-state index contributed by atoms with van der Waals surface area (Å²) in [4.78, 5) is 12.4. The summed E-state index contributed by atoms with van der Waals surface area (Å²) >= 11 is 0. The van der Waals surface area contributed by atoms with Gasteiger partial charge in [0.15, 0.2) is 0 Å². The fraction of sp³-hybridized carbons (Fsp3) is 0.412. The first-order valence-corrected chi connectivity index (χ1v) is 7.48. The monoisotopic (exact) mass is 298 g/mol. The Labute approximate surface area is 129 Å². The zero-order valence-electron chi connectivity index (χ0n) is 12.2. The maximum absolute atomic E-state index is 12.4. The minimum Gasteiger partial charge on any atom is -0.493 e. The number of benzene rings is 1. The Hall–Kier alpha value is -2.32. The molecule has 114 valence electrons. The Morgan fingerprint density at radius 2 is 2.23 bits per heavy atom. The summed E-state index contributed by atoms with van der Waals surface area (Å²) in [6, 6.07) is 9.07. The van der Waals surface area contributed by atoms with E-state index in [9.17, 15) is 9.90 Å². The second-order valence-electron chi connectivity index (χ2n) is 5.77. The number of aliphatic hydroxyl groups is 1. The van der Waals surface area contributed by atoms with Crippen LogP contribution >= 0.6 is 0 Å². The van der Waals surface area contributed by atoms with Crippen LogP contribution in [0.15, 0.2) is 35.9 Å². The van der Waals surface area contributed by atoms with E-state index in [0.717, 1.165) is 18.4 Å². The van der Waals surface area contributed by atoms with Crippen LogP contribution in [0.1, 0.15) is 24.4 Å². The molecule has 1 aromatic rings. The second kappa shape index (κ2) is 6.20. The molecule has 3 rings (SSSR count). The number of hydrogen-bond donors (Lipinski definition) is 2. The van der Waals surface area contributed by atoms with Crippen molar-refractivity contribution in [1.29, 1.82) is 5.26 Å². The lowest BCUT2D eigenvalue weighted by Crippen LogP contribution is -2.40. The predicted molar refractivity (Wildman–Crippen MR) is 79.8 cm³/mol. The minimum atomic E-state index is -0.380. The fourth-order valence-electron chi connectivity index (χ4n) is 2.65. The Kier molecular flexibility index (Phi) is 4.12. The van der Waals surface area contributed by atoms with Crippen molar-refractivity contribution in [1.82, 2.24) is 5.32 Å². The molecule has 2 atom stereocenters. The first-order valence-electron chi connectivity index (χ1n) is 7.48. The van der Waals surface area contributed by atoms with Gasteiger partial charge in [-0.15, -0.1) is 0 Å². The van der Waals surface area contributed by atoms with Crippen LogP contribution in [-0.2, 0) is 4.79 Å². The average molecular weight is 298 g/mol. The molecule has 0 unspecified atom stereocenters. The van der Waals surface area contributed by atoms with E-state index < -0.39 is 0 Å². The number of nitrogens with one attached hydrogen (secondary N) is 1. The number of aliphatic hydroxyl groups excluding tert-OH is 1. The number of carbonyl (C=O) groups is 1. The van der Waals surface area contributed by atoms with E-state index in [2.05, 4.69) is 5.32 Å². The maximum atomic E-state index is 12.4. The maximum Gasteiger partial charge on any atom is 0.262 e. The van der Waals surface area contributed by atoms with Gasteiger partial charge in [0.1, 0.15) is 17.4 Å². The lowest BCUT2D eigenvalue weighted by molar-refractivity contribution is -0.118. The minimum absolute atomic E-state index is 0.0898. The third kappa shape index (κ3) is 2.97. The SMILES string of the molecule is N#C/C(=C\C1CC1)C(=O)N[C@H]1c2ccccc2OC[C@H]1CO. The lowest BCUT2D eigenvalue weighted by atomic mass is 9.91. The Balaban J connectivity index is 1.83. The number of carbonyl (C=O) groups excluding carboxylic acids is 1. The molecule has 0 spiro atoms. The van der Waals surface area contributed by atoms with Crippen LogP contribution in [0, 0.1) is 23.2 Å². The summed E-state index contributed by atoms with van der Waals surface area (Å²) in [6.07, 6.45) is 3.82. The van der Waals surface area contributed by atoms with Gasteiger partial charge < -0.3 is 15.2 Å². The van der Waals surface area contributed by atoms with Crippen molar-refractivity contribution in [2.75, 3.05) is 13.2 Å². The van der Waals surface area contributed by atoms with Crippen LogP contribution in [0.25, 0.3) is 0 Å². The molecule has 1 amide bonds. The fourth-order valence-corrected chi connectivity index (χ4v) is 2.65. The number of para-hydroxylation sites is 1. The zero-order chi connectivity index (χ0) is 15.5. The van der Waals surface area contributed by atoms with Gasteiger partial charge >= 0.3 is 0 Å². The molecule has 0 radical (unpaired) electrons. The normalized spacial score (nSPS) is 23.9. The van der Waals surface area contributed by atoms with Crippen molar-refractivity contribution < 1.29 is 14.6 Å². The molecule has 5 heteroatoms. The number of nitriles is 1. The molecule has 0 saturated heterocycles. The Morgan fingerprint density at radius 3 is 2.91 bits per heavy atom. The van der Waals surface area contributed by atoms with Gasteiger partial charge in [0.2, 0.25) is 0 Å². The zero-order valence-corrected chi connectivity index (χ0v) is 12.2. The highest BCUT2D eigenvalue weighted by atomic mass is 16.5. The van der Waals surface area contributed by atoms with E-state index in [1.807, 2.05) is 30.3 Å². The van der Waals surface area contributed by atoms with Crippen LogP contribution in [-0.4, -0.2) is 24.2 Å². The van der Waals surface area contributed by atoms with Crippen molar-refractivity contribution in [3.63, 3.8) is 0 Å². The largest absolute Gasteiger partial charge is 0.493 e. The lowest BCUT2D eigenvalue weighted by Gasteiger charge is -2.33. The highest BCUT2D eigenvalue weighted by Crippen LogP contribution is 2.35. The second-order valence-corrected chi connectivity index (χ2v) is 5.77. The molecular weight excluding hydrogens is 280 g/mol. The summed E-state index contributed by atoms with van der Waals surface area (Å²) in [6.45, 7) is 0.250. The van der Waals surface area contributed by atoms with Crippen LogP contribution in [0.5, 0.6) is 5.75 Å². The molecule has 1 saturated carbocycles. The number of fused-ring (bicyclic) bond motifs is 1. The number of nitrogens with zero attached hydrogens (tertiary/aromatic N) is 1. The predicted octanol–water partition coefficient (Wildman–Crippen LogP) is 1.70. The molecular formula is C17H18N2O3. The van der Waals surface area contributed by atoms with Crippen molar-refractivity contribution >= 4 is 5.91 Å². The molecule has 22 heavy (non-hydrogen) atoms. The highest BCUT2D eigenvalue weighted by molar-refractivity contribution is 5.97. The van der Waals surface area contributed by atoms with Crippen LogP contribution < -0.4 is 10.1 Å². The number of hydrogen-bond acceptors (Lipinski definition) is 4. The number of allylic oxidation sites excluding steroid dienone is 1. The third-order valence-corrected chi connectivity index (χ3v) is 4.09. The molecule has 1 aliphatic heterocycles.